The maximum Gasteiger partial charge on any atom is 0.227 e. The second-order valence-corrected chi connectivity index (χ2v) is 5.29. The molecule has 1 heterocycles. The summed E-state index contributed by atoms with van der Waals surface area (Å²) in [5, 5.41) is 9.19. The second kappa shape index (κ2) is 4.72. The highest BCUT2D eigenvalue weighted by Crippen LogP contribution is 2.28. The molecule has 4 heteroatoms. The van der Waals surface area contributed by atoms with Crippen molar-refractivity contribution in [2.45, 2.75) is 38.4 Å². The number of hydrogen-bond donors (Lipinski definition) is 1. The molecule has 2 atom stereocenters. The summed E-state index contributed by atoms with van der Waals surface area (Å²) in [7, 11) is 1.86. The van der Waals surface area contributed by atoms with Gasteiger partial charge in [-0.15, -0.1) is 0 Å². The lowest BCUT2D eigenvalue weighted by atomic mass is 9.82. The molecular formula is C12H21NO3. The summed E-state index contributed by atoms with van der Waals surface area (Å²) in [6, 6.07) is 0. The van der Waals surface area contributed by atoms with Gasteiger partial charge in [-0.3, -0.25) is 4.79 Å². The van der Waals surface area contributed by atoms with Crippen LogP contribution in [0.1, 0.15) is 26.2 Å². The molecule has 2 aliphatic rings. The van der Waals surface area contributed by atoms with E-state index in [1.165, 1.54) is 0 Å². The molecule has 1 saturated heterocycles. The van der Waals surface area contributed by atoms with Gasteiger partial charge in [0.2, 0.25) is 5.91 Å². The van der Waals surface area contributed by atoms with Crippen LogP contribution in [0.25, 0.3) is 0 Å². The van der Waals surface area contributed by atoms with Gasteiger partial charge >= 0.3 is 0 Å². The number of carbonyl (C=O) groups excluding carboxylic acids is 1. The first-order chi connectivity index (χ1) is 7.56. The first-order valence-corrected chi connectivity index (χ1v) is 6.11. The Morgan fingerprint density at radius 2 is 2.12 bits per heavy atom. The molecule has 2 rings (SSSR count). The van der Waals surface area contributed by atoms with Crippen molar-refractivity contribution >= 4 is 5.91 Å². The Bertz CT molecular complexity index is 263. The van der Waals surface area contributed by atoms with E-state index in [0.29, 0.717) is 12.5 Å². The predicted molar refractivity (Wildman–Crippen MR) is 59.9 cm³/mol. The van der Waals surface area contributed by atoms with Crippen LogP contribution in [-0.4, -0.2) is 48.3 Å². The first kappa shape index (κ1) is 11.9. The standard InChI is InChI=1S/C12H21NO3/c1-8-3-10(7-16-8)12(15)13(2)6-9-4-11(14)5-9/h8-11,14H,3-7H2,1-2H3. The molecule has 0 radical (unpaired) electrons. The van der Waals surface area contributed by atoms with Gasteiger partial charge in [-0.2, -0.15) is 0 Å². The van der Waals surface area contributed by atoms with Crippen molar-refractivity contribution < 1.29 is 14.6 Å². The number of rotatable bonds is 3. The molecule has 2 unspecified atom stereocenters. The van der Waals surface area contributed by atoms with E-state index >= 15 is 0 Å². The maximum absolute atomic E-state index is 12.0. The van der Waals surface area contributed by atoms with E-state index < -0.39 is 0 Å². The van der Waals surface area contributed by atoms with Gasteiger partial charge in [0.1, 0.15) is 0 Å². The van der Waals surface area contributed by atoms with Gasteiger partial charge in [-0.25, -0.2) is 0 Å². The molecule has 4 nitrogen and oxygen atoms in total. The summed E-state index contributed by atoms with van der Waals surface area (Å²) in [5.41, 5.74) is 0. The molecule has 0 aromatic heterocycles. The van der Waals surface area contributed by atoms with Crippen molar-refractivity contribution in [3.63, 3.8) is 0 Å². The molecule has 1 saturated carbocycles. The third-order valence-corrected chi connectivity index (χ3v) is 3.67. The fourth-order valence-electron chi connectivity index (χ4n) is 2.63. The molecule has 92 valence electrons. The van der Waals surface area contributed by atoms with Crippen molar-refractivity contribution in [1.82, 2.24) is 4.90 Å². The van der Waals surface area contributed by atoms with Crippen molar-refractivity contribution in [1.29, 1.82) is 0 Å². The smallest absolute Gasteiger partial charge is 0.227 e. The third-order valence-electron chi connectivity index (χ3n) is 3.67. The summed E-state index contributed by atoms with van der Waals surface area (Å²) in [6.45, 7) is 3.36. The number of amides is 1. The van der Waals surface area contributed by atoms with Gasteiger partial charge in [-0.1, -0.05) is 0 Å². The average molecular weight is 227 g/mol. The molecule has 0 spiro atoms. The third kappa shape index (κ3) is 2.55. The highest BCUT2D eigenvalue weighted by Gasteiger charge is 2.33. The van der Waals surface area contributed by atoms with E-state index in [4.69, 9.17) is 4.74 Å². The van der Waals surface area contributed by atoms with Crippen LogP contribution in [0.5, 0.6) is 0 Å². The van der Waals surface area contributed by atoms with Gasteiger partial charge in [0.25, 0.3) is 0 Å². The number of ether oxygens (including phenoxy) is 1. The molecule has 1 amide bonds. The van der Waals surface area contributed by atoms with E-state index in [0.717, 1.165) is 25.8 Å². The fourth-order valence-corrected chi connectivity index (χ4v) is 2.63. The van der Waals surface area contributed by atoms with Crippen molar-refractivity contribution in [3.8, 4) is 0 Å². The number of nitrogens with zero attached hydrogens (tertiary/aromatic N) is 1. The van der Waals surface area contributed by atoms with Gasteiger partial charge in [0, 0.05) is 13.6 Å². The van der Waals surface area contributed by atoms with Crippen LogP contribution in [-0.2, 0) is 9.53 Å². The van der Waals surface area contributed by atoms with E-state index in [-0.39, 0.29) is 24.0 Å². The highest BCUT2D eigenvalue weighted by atomic mass is 16.5. The Morgan fingerprint density at radius 1 is 1.44 bits per heavy atom. The minimum Gasteiger partial charge on any atom is -0.393 e. The molecule has 1 aliphatic carbocycles. The summed E-state index contributed by atoms with van der Waals surface area (Å²) in [4.78, 5) is 13.8. The minimum atomic E-state index is -0.136. The summed E-state index contributed by atoms with van der Waals surface area (Å²) < 4.78 is 5.41. The van der Waals surface area contributed by atoms with Crippen LogP contribution in [0.2, 0.25) is 0 Å². The molecule has 1 aliphatic heterocycles. The molecule has 2 fully saturated rings. The summed E-state index contributed by atoms with van der Waals surface area (Å²) >= 11 is 0. The quantitative estimate of drug-likeness (QED) is 0.770. The van der Waals surface area contributed by atoms with Gasteiger partial charge in [0.05, 0.1) is 24.7 Å². The van der Waals surface area contributed by atoms with Crippen molar-refractivity contribution in [2.24, 2.45) is 11.8 Å². The van der Waals surface area contributed by atoms with Crippen LogP contribution in [0.15, 0.2) is 0 Å². The Kier molecular flexibility index (Phi) is 3.50. The van der Waals surface area contributed by atoms with Crippen LogP contribution >= 0.6 is 0 Å². The number of aliphatic hydroxyl groups excluding tert-OH is 1. The summed E-state index contributed by atoms with van der Waals surface area (Å²) in [5.74, 6) is 0.736. The minimum absolute atomic E-state index is 0.0463. The number of hydrogen-bond acceptors (Lipinski definition) is 3. The van der Waals surface area contributed by atoms with E-state index in [2.05, 4.69) is 0 Å². The molecule has 0 bridgehead atoms. The Balaban J connectivity index is 1.76. The van der Waals surface area contributed by atoms with Crippen LogP contribution in [0.4, 0.5) is 0 Å². The van der Waals surface area contributed by atoms with E-state index in [1.54, 1.807) is 0 Å². The van der Waals surface area contributed by atoms with E-state index in [1.807, 2.05) is 18.9 Å². The number of aliphatic hydroxyl groups is 1. The van der Waals surface area contributed by atoms with E-state index in [9.17, 15) is 9.90 Å². The van der Waals surface area contributed by atoms with Crippen LogP contribution < -0.4 is 0 Å². The fraction of sp³-hybridized carbons (Fsp3) is 0.917. The van der Waals surface area contributed by atoms with Crippen LogP contribution in [0.3, 0.4) is 0 Å². The topological polar surface area (TPSA) is 49.8 Å². The zero-order chi connectivity index (χ0) is 11.7. The normalized spacial score (nSPS) is 38.2. The number of carbonyl (C=O) groups is 1. The zero-order valence-electron chi connectivity index (χ0n) is 10.1. The Hall–Kier alpha value is -0.610. The zero-order valence-corrected chi connectivity index (χ0v) is 10.1. The molecule has 16 heavy (non-hydrogen) atoms. The van der Waals surface area contributed by atoms with Gasteiger partial charge in [-0.05, 0) is 32.1 Å². The molecule has 1 N–H and O–H groups in total. The lowest BCUT2D eigenvalue weighted by Crippen LogP contribution is -2.41. The molecule has 0 aromatic rings. The van der Waals surface area contributed by atoms with Crippen molar-refractivity contribution in [3.05, 3.63) is 0 Å². The second-order valence-electron chi connectivity index (χ2n) is 5.29. The lowest BCUT2D eigenvalue weighted by Gasteiger charge is -2.35. The highest BCUT2D eigenvalue weighted by molar-refractivity contribution is 5.79. The van der Waals surface area contributed by atoms with Gasteiger partial charge < -0.3 is 14.7 Å². The average Bonchev–Trinajstić information content (AvgIpc) is 2.61. The molecular weight excluding hydrogens is 206 g/mol. The Morgan fingerprint density at radius 3 is 2.62 bits per heavy atom. The summed E-state index contributed by atoms with van der Waals surface area (Å²) in [6.07, 6.45) is 2.61. The SMILES string of the molecule is CC1CC(C(=O)N(C)CC2CC(O)C2)CO1. The Labute approximate surface area is 96.6 Å². The largest absolute Gasteiger partial charge is 0.393 e. The lowest BCUT2D eigenvalue weighted by molar-refractivity contribution is -0.135. The van der Waals surface area contributed by atoms with Crippen molar-refractivity contribution in [2.75, 3.05) is 20.2 Å². The molecule has 0 aromatic carbocycles. The van der Waals surface area contributed by atoms with Crippen LogP contribution in [0, 0.1) is 11.8 Å². The first-order valence-electron chi connectivity index (χ1n) is 6.11. The predicted octanol–water partition coefficient (Wildman–Crippen LogP) is 0.641. The van der Waals surface area contributed by atoms with Gasteiger partial charge in [0.15, 0.2) is 0 Å². The maximum atomic E-state index is 12.0. The monoisotopic (exact) mass is 227 g/mol.